The Morgan fingerprint density at radius 3 is 2.71 bits per heavy atom. The van der Waals surface area contributed by atoms with Gasteiger partial charge in [-0.25, -0.2) is 4.79 Å². The Morgan fingerprint density at radius 2 is 1.92 bits per heavy atom. The SMILES string of the molecule is CCc1c2c3n(c1C(=O)O)CCCOc1cc(cc4ccccc14)SCc1cc(nn1C)CSCc1nn(C)c(C)c1[C@H]2C(C)(Cl)C=C3. The van der Waals surface area contributed by atoms with Gasteiger partial charge in [0.1, 0.15) is 11.4 Å². The lowest BCUT2D eigenvalue weighted by Crippen LogP contribution is -2.30. The lowest BCUT2D eigenvalue weighted by molar-refractivity contribution is 0.0683. The van der Waals surface area contributed by atoms with E-state index in [0.29, 0.717) is 37.4 Å². The van der Waals surface area contributed by atoms with Crippen LogP contribution in [0.1, 0.15) is 81.8 Å². The van der Waals surface area contributed by atoms with Gasteiger partial charge in [-0.05, 0) is 67.5 Å². The predicted octanol–water partition coefficient (Wildman–Crippen LogP) is 8.34. The Morgan fingerprint density at radius 1 is 1.10 bits per heavy atom. The van der Waals surface area contributed by atoms with E-state index < -0.39 is 10.8 Å². The van der Waals surface area contributed by atoms with Gasteiger partial charge in [-0.1, -0.05) is 37.3 Å². The number of halogens is 1. The van der Waals surface area contributed by atoms with Crippen molar-refractivity contribution in [2.45, 2.75) is 73.1 Å². The van der Waals surface area contributed by atoms with Gasteiger partial charge in [-0.15, -0.1) is 35.1 Å². The summed E-state index contributed by atoms with van der Waals surface area (Å²) in [4.78, 5) is 13.3. The first-order valence-corrected chi connectivity index (χ1v) is 18.9. The van der Waals surface area contributed by atoms with Crippen molar-refractivity contribution in [2.75, 3.05) is 6.61 Å². The Kier molecular flexibility index (Phi) is 8.93. The fraction of sp³-hybridized carbons (Fsp3) is 0.378. The molecular weight excluding hydrogens is 662 g/mol. The average molecular weight is 702 g/mol. The number of benzene rings is 2. The number of fused-ring (bicyclic) bond motifs is 8. The summed E-state index contributed by atoms with van der Waals surface area (Å²) < 4.78 is 12.4. The normalized spacial score (nSPS) is 19.8. The summed E-state index contributed by atoms with van der Waals surface area (Å²) in [6.45, 7) is 7.09. The largest absolute Gasteiger partial charge is 0.493 e. The highest BCUT2D eigenvalue weighted by atomic mass is 35.5. The van der Waals surface area contributed by atoms with E-state index in [1.54, 1.807) is 23.5 Å². The first-order valence-electron chi connectivity index (χ1n) is 16.3. The molecule has 1 N–H and O–H groups in total. The summed E-state index contributed by atoms with van der Waals surface area (Å²) in [5.74, 6) is 1.86. The number of alkyl halides is 1. The predicted molar refractivity (Wildman–Crippen MR) is 196 cm³/mol. The molecular formula is C37H40ClN5O3S2. The smallest absolute Gasteiger partial charge is 0.352 e. The van der Waals surface area contributed by atoms with Crippen molar-refractivity contribution < 1.29 is 14.6 Å². The maximum Gasteiger partial charge on any atom is 0.352 e. The number of aromatic nitrogens is 5. The molecule has 0 spiro atoms. The number of allylic oxidation sites excluding steroid dienone is 1. The maximum atomic E-state index is 13.0. The summed E-state index contributed by atoms with van der Waals surface area (Å²) in [5.41, 5.74) is 8.35. The molecule has 0 amide bonds. The van der Waals surface area contributed by atoms with E-state index >= 15 is 0 Å². The zero-order valence-electron chi connectivity index (χ0n) is 27.9. The Labute approximate surface area is 294 Å². The molecule has 1 aliphatic heterocycles. The van der Waals surface area contributed by atoms with Crippen molar-refractivity contribution in [1.82, 2.24) is 24.1 Å². The lowest BCUT2D eigenvalue weighted by Gasteiger charge is -2.35. The number of thioether (sulfide) groups is 2. The van der Waals surface area contributed by atoms with E-state index in [2.05, 4.69) is 37.3 Å². The van der Waals surface area contributed by atoms with Crippen LogP contribution in [0.2, 0.25) is 0 Å². The molecule has 2 aliphatic rings. The second-order valence-corrected chi connectivity index (χ2v) is 15.6. The molecule has 48 heavy (non-hydrogen) atoms. The van der Waals surface area contributed by atoms with Crippen LogP contribution in [0.25, 0.3) is 16.8 Å². The number of carbonyl (C=O) groups is 1. The first kappa shape index (κ1) is 32.9. The Hall–Kier alpha value is -3.60. The first-order chi connectivity index (χ1) is 23.1. The minimum atomic E-state index is -0.927. The van der Waals surface area contributed by atoms with Gasteiger partial charge in [-0.2, -0.15) is 10.2 Å². The molecule has 0 saturated carbocycles. The topological polar surface area (TPSA) is 87.1 Å². The fourth-order valence-electron chi connectivity index (χ4n) is 7.31. The third kappa shape index (κ3) is 5.86. The van der Waals surface area contributed by atoms with Gasteiger partial charge < -0.3 is 14.4 Å². The van der Waals surface area contributed by atoms with Crippen LogP contribution in [-0.4, -0.2) is 46.7 Å². The van der Waals surface area contributed by atoms with Crippen LogP contribution in [0.15, 0.2) is 53.4 Å². The molecule has 8 nitrogen and oxygen atoms in total. The van der Waals surface area contributed by atoms with Gasteiger partial charge in [0.25, 0.3) is 0 Å². The highest BCUT2D eigenvalue weighted by Crippen LogP contribution is 2.50. The molecule has 7 rings (SSSR count). The zero-order chi connectivity index (χ0) is 33.7. The fourth-order valence-corrected chi connectivity index (χ4v) is 9.44. The maximum absolute atomic E-state index is 13.0. The van der Waals surface area contributed by atoms with Crippen LogP contribution >= 0.6 is 35.1 Å². The van der Waals surface area contributed by atoms with Gasteiger partial charge in [0.05, 0.1) is 22.9 Å². The number of aryl methyl sites for hydroxylation is 2. The molecule has 4 heterocycles. The second-order valence-electron chi connectivity index (χ2n) is 12.8. The monoisotopic (exact) mass is 701 g/mol. The van der Waals surface area contributed by atoms with Crippen molar-refractivity contribution in [3.8, 4) is 5.75 Å². The van der Waals surface area contributed by atoms with Crippen molar-refractivity contribution in [2.24, 2.45) is 14.1 Å². The van der Waals surface area contributed by atoms with Crippen molar-refractivity contribution >= 4 is 57.9 Å². The highest BCUT2D eigenvalue weighted by Gasteiger charge is 2.44. The van der Waals surface area contributed by atoms with Crippen LogP contribution < -0.4 is 4.74 Å². The summed E-state index contributed by atoms with van der Waals surface area (Å²) >= 11 is 11.0. The number of aromatic carboxylic acids is 1. The minimum absolute atomic E-state index is 0.268. The molecule has 0 radical (unpaired) electrons. The van der Waals surface area contributed by atoms with E-state index in [4.69, 9.17) is 26.5 Å². The van der Waals surface area contributed by atoms with Crippen molar-refractivity contribution in [3.05, 3.63) is 99.4 Å². The van der Waals surface area contributed by atoms with E-state index in [1.165, 1.54) is 0 Å². The molecule has 3 aromatic heterocycles. The van der Waals surface area contributed by atoms with Crippen LogP contribution in [0.4, 0.5) is 0 Å². The number of nitrogens with zero attached hydrogens (tertiary/aromatic N) is 5. The molecule has 8 bridgehead atoms. The van der Waals surface area contributed by atoms with Gasteiger partial charge in [0, 0.05) is 76.7 Å². The number of ether oxygens (including phenoxy) is 1. The summed E-state index contributed by atoms with van der Waals surface area (Å²) in [6, 6.07) is 14.8. The number of carboxylic acid groups (broad SMARTS) is 1. The molecule has 0 fully saturated rings. The lowest BCUT2D eigenvalue weighted by atomic mass is 9.75. The Bertz CT molecular complexity index is 2070. The van der Waals surface area contributed by atoms with Gasteiger partial charge in [0.15, 0.2) is 0 Å². The number of carboxylic acids is 1. The molecule has 250 valence electrons. The van der Waals surface area contributed by atoms with Gasteiger partial charge in [0.2, 0.25) is 0 Å². The van der Waals surface area contributed by atoms with E-state index in [1.807, 2.05) is 66.2 Å². The van der Waals surface area contributed by atoms with Gasteiger partial charge >= 0.3 is 5.97 Å². The van der Waals surface area contributed by atoms with Crippen LogP contribution in [-0.2, 0) is 44.3 Å². The molecule has 2 aromatic carbocycles. The van der Waals surface area contributed by atoms with Gasteiger partial charge in [-0.3, -0.25) is 9.36 Å². The third-order valence-corrected chi connectivity index (χ3v) is 12.0. The molecule has 11 heteroatoms. The Balaban J connectivity index is 1.36. The third-order valence-electron chi connectivity index (χ3n) is 9.65. The second kappa shape index (κ2) is 13.0. The van der Waals surface area contributed by atoms with Crippen LogP contribution in [0.3, 0.4) is 0 Å². The van der Waals surface area contributed by atoms with Crippen LogP contribution in [0, 0.1) is 6.92 Å². The summed E-state index contributed by atoms with van der Waals surface area (Å²) in [7, 11) is 3.98. The molecule has 5 aromatic rings. The number of hydrogen-bond acceptors (Lipinski definition) is 6. The van der Waals surface area contributed by atoms with E-state index in [-0.39, 0.29) is 5.92 Å². The molecule has 1 aliphatic carbocycles. The summed E-state index contributed by atoms with van der Waals surface area (Å²) in [5, 5.41) is 22.6. The van der Waals surface area contributed by atoms with E-state index in [9.17, 15) is 9.90 Å². The number of rotatable bonds is 2. The van der Waals surface area contributed by atoms with Crippen LogP contribution in [0.5, 0.6) is 5.75 Å². The molecule has 1 unspecified atom stereocenters. The number of hydrogen-bond donors (Lipinski definition) is 1. The average Bonchev–Trinajstić information content (AvgIpc) is 3.67. The quantitative estimate of drug-likeness (QED) is 0.185. The minimum Gasteiger partial charge on any atom is -0.493 e. The highest BCUT2D eigenvalue weighted by molar-refractivity contribution is 7.98. The molecule has 2 atom stereocenters. The van der Waals surface area contributed by atoms with Crippen molar-refractivity contribution in [1.29, 1.82) is 0 Å². The zero-order valence-corrected chi connectivity index (χ0v) is 30.3. The van der Waals surface area contributed by atoms with Crippen molar-refractivity contribution in [3.63, 3.8) is 0 Å². The standard InChI is InChI=1S/C37H40ClN5O3S2/c1-6-27-33-30-12-13-37(3,38)34(33)32-22(2)41(4)40-29(32)21-47-19-24-17-25(42(5)39-24)20-48-26-16-23-10-7-8-11-28(23)31(18-26)46-15-9-14-43(30)35(27)36(44)45/h7-8,10-13,16-18,34H,6,9,14-15,19-21H2,1-5H3,(H,44,45)/t34-,37?/m1/s1. The summed E-state index contributed by atoms with van der Waals surface area (Å²) in [6.07, 6.45) is 5.27. The van der Waals surface area contributed by atoms with E-state index in [0.717, 1.165) is 78.1 Å². The molecule has 0 saturated heterocycles.